The highest BCUT2D eigenvalue weighted by molar-refractivity contribution is 5.79. The van der Waals surface area contributed by atoms with Gasteiger partial charge in [0.15, 0.2) is 11.6 Å². The van der Waals surface area contributed by atoms with E-state index in [0.29, 0.717) is 31.7 Å². The lowest BCUT2D eigenvalue weighted by atomic mass is 10.1. The van der Waals surface area contributed by atoms with Crippen molar-refractivity contribution in [1.29, 1.82) is 0 Å². The SMILES string of the molecule is O=C(Cc1ccc(C(F)(F)F)cc1)N1CCN(c2ccc(N3CCCCCC3)nn2)CC1. The smallest absolute Gasteiger partial charge is 0.355 e. The molecule has 0 saturated carbocycles. The largest absolute Gasteiger partial charge is 0.416 e. The van der Waals surface area contributed by atoms with Crippen LogP contribution in [0.15, 0.2) is 36.4 Å². The number of anilines is 2. The Balaban J connectivity index is 1.28. The zero-order valence-corrected chi connectivity index (χ0v) is 18.0. The Labute approximate surface area is 186 Å². The number of alkyl halides is 3. The molecule has 172 valence electrons. The average Bonchev–Trinajstić information content (AvgIpc) is 3.09. The second-order valence-corrected chi connectivity index (χ2v) is 8.39. The van der Waals surface area contributed by atoms with Crippen LogP contribution >= 0.6 is 0 Å². The van der Waals surface area contributed by atoms with Crippen LogP contribution in [0.4, 0.5) is 24.8 Å². The third-order valence-electron chi connectivity index (χ3n) is 6.16. The number of aromatic nitrogens is 2. The molecule has 2 aliphatic rings. The van der Waals surface area contributed by atoms with Crippen LogP contribution in [0.25, 0.3) is 0 Å². The van der Waals surface area contributed by atoms with Crippen LogP contribution in [0.1, 0.15) is 36.8 Å². The summed E-state index contributed by atoms with van der Waals surface area (Å²) in [6.45, 7) is 4.44. The number of hydrogen-bond acceptors (Lipinski definition) is 5. The number of piperazine rings is 1. The van der Waals surface area contributed by atoms with Crippen molar-refractivity contribution in [2.24, 2.45) is 0 Å². The van der Waals surface area contributed by atoms with E-state index in [1.54, 1.807) is 4.90 Å². The van der Waals surface area contributed by atoms with Crippen molar-refractivity contribution in [2.75, 3.05) is 49.1 Å². The van der Waals surface area contributed by atoms with Crippen LogP contribution < -0.4 is 9.80 Å². The van der Waals surface area contributed by atoms with Gasteiger partial charge < -0.3 is 14.7 Å². The molecule has 2 aromatic rings. The molecule has 0 unspecified atom stereocenters. The first-order valence-electron chi connectivity index (χ1n) is 11.2. The van der Waals surface area contributed by atoms with Gasteiger partial charge in [-0.3, -0.25) is 4.79 Å². The molecule has 0 aliphatic carbocycles. The second-order valence-electron chi connectivity index (χ2n) is 8.39. The first kappa shape index (κ1) is 22.4. The summed E-state index contributed by atoms with van der Waals surface area (Å²) in [5.74, 6) is 1.64. The quantitative estimate of drug-likeness (QED) is 0.714. The monoisotopic (exact) mass is 447 g/mol. The number of benzene rings is 1. The van der Waals surface area contributed by atoms with Gasteiger partial charge in [0, 0.05) is 39.3 Å². The molecule has 0 N–H and O–H groups in total. The summed E-state index contributed by atoms with van der Waals surface area (Å²) in [6.07, 6.45) is 0.640. The van der Waals surface area contributed by atoms with Crippen molar-refractivity contribution in [1.82, 2.24) is 15.1 Å². The Morgan fingerprint density at radius 1 is 0.750 bits per heavy atom. The highest BCUT2D eigenvalue weighted by atomic mass is 19.4. The summed E-state index contributed by atoms with van der Waals surface area (Å²) in [5.41, 5.74) is -0.120. The normalized spacial score (nSPS) is 17.9. The molecule has 32 heavy (non-hydrogen) atoms. The van der Waals surface area contributed by atoms with Gasteiger partial charge in [-0.25, -0.2) is 0 Å². The van der Waals surface area contributed by atoms with Crippen molar-refractivity contribution < 1.29 is 18.0 Å². The Morgan fingerprint density at radius 3 is 1.78 bits per heavy atom. The molecule has 2 fully saturated rings. The van der Waals surface area contributed by atoms with Crippen molar-refractivity contribution in [3.05, 3.63) is 47.5 Å². The number of nitrogens with zero attached hydrogens (tertiary/aromatic N) is 5. The van der Waals surface area contributed by atoms with Gasteiger partial charge in [-0.05, 0) is 42.7 Å². The molecule has 1 amide bonds. The van der Waals surface area contributed by atoms with Gasteiger partial charge in [-0.2, -0.15) is 13.2 Å². The fourth-order valence-corrected chi connectivity index (χ4v) is 4.24. The van der Waals surface area contributed by atoms with E-state index < -0.39 is 11.7 Å². The second kappa shape index (κ2) is 9.75. The maximum absolute atomic E-state index is 12.7. The highest BCUT2D eigenvalue weighted by Crippen LogP contribution is 2.29. The molecule has 1 aromatic carbocycles. The predicted molar refractivity (Wildman–Crippen MR) is 117 cm³/mol. The minimum atomic E-state index is -4.37. The highest BCUT2D eigenvalue weighted by Gasteiger charge is 2.30. The van der Waals surface area contributed by atoms with Gasteiger partial charge >= 0.3 is 6.18 Å². The molecule has 0 bridgehead atoms. The van der Waals surface area contributed by atoms with Crippen LogP contribution in [0.2, 0.25) is 0 Å². The molecule has 6 nitrogen and oxygen atoms in total. The van der Waals surface area contributed by atoms with E-state index in [2.05, 4.69) is 20.0 Å². The average molecular weight is 448 g/mol. The Bertz CT molecular complexity index is 885. The summed E-state index contributed by atoms with van der Waals surface area (Å²) in [4.78, 5) is 18.8. The maximum Gasteiger partial charge on any atom is 0.416 e. The molecule has 1 aromatic heterocycles. The summed E-state index contributed by atoms with van der Waals surface area (Å²) in [5, 5.41) is 8.84. The lowest BCUT2D eigenvalue weighted by Crippen LogP contribution is -2.49. The van der Waals surface area contributed by atoms with Gasteiger partial charge in [-0.1, -0.05) is 25.0 Å². The van der Waals surface area contributed by atoms with Crippen LogP contribution in [-0.4, -0.2) is 60.3 Å². The van der Waals surface area contributed by atoms with E-state index in [0.717, 1.165) is 36.9 Å². The number of amides is 1. The number of carbonyl (C=O) groups excluding carboxylic acids is 1. The van der Waals surface area contributed by atoms with E-state index in [9.17, 15) is 18.0 Å². The number of carbonyl (C=O) groups is 1. The Hall–Kier alpha value is -2.84. The fraction of sp³-hybridized carbons (Fsp3) is 0.522. The van der Waals surface area contributed by atoms with E-state index >= 15 is 0 Å². The van der Waals surface area contributed by atoms with E-state index in [1.807, 2.05) is 12.1 Å². The molecule has 0 atom stereocenters. The first-order chi connectivity index (χ1) is 15.4. The fourth-order valence-electron chi connectivity index (χ4n) is 4.24. The molecule has 9 heteroatoms. The van der Waals surface area contributed by atoms with Gasteiger partial charge in [0.25, 0.3) is 0 Å². The zero-order chi connectivity index (χ0) is 22.6. The zero-order valence-electron chi connectivity index (χ0n) is 18.0. The van der Waals surface area contributed by atoms with Gasteiger partial charge in [0.05, 0.1) is 12.0 Å². The van der Waals surface area contributed by atoms with E-state index in [-0.39, 0.29) is 12.3 Å². The molecule has 4 rings (SSSR count). The van der Waals surface area contributed by atoms with Crippen molar-refractivity contribution in [3.63, 3.8) is 0 Å². The third kappa shape index (κ3) is 5.49. The maximum atomic E-state index is 12.7. The summed E-state index contributed by atoms with van der Waals surface area (Å²) in [7, 11) is 0. The Morgan fingerprint density at radius 2 is 1.28 bits per heavy atom. The number of halogens is 3. The molecular formula is C23H28F3N5O. The summed E-state index contributed by atoms with van der Waals surface area (Å²) < 4.78 is 38.1. The van der Waals surface area contributed by atoms with E-state index in [4.69, 9.17) is 0 Å². The van der Waals surface area contributed by atoms with Crippen molar-refractivity contribution in [3.8, 4) is 0 Å². The van der Waals surface area contributed by atoms with Gasteiger partial charge in [0.1, 0.15) is 0 Å². The summed E-state index contributed by atoms with van der Waals surface area (Å²) >= 11 is 0. The van der Waals surface area contributed by atoms with Gasteiger partial charge in [-0.15, -0.1) is 10.2 Å². The molecule has 0 spiro atoms. The van der Waals surface area contributed by atoms with Crippen LogP contribution in [0.3, 0.4) is 0 Å². The summed E-state index contributed by atoms with van der Waals surface area (Å²) in [6, 6.07) is 8.81. The van der Waals surface area contributed by atoms with Crippen LogP contribution in [0, 0.1) is 0 Å². The molecule has 2 saturated heterocycles. The van der Waals surface area contributed by atoms with Crippen molar-refractivity contribution in [2.45, 2.75) is 38.3 Å². The van der Waals surface area contributed by atoms with E-state index in [1.165, 1.54) is 37.8 Å². The van der Waals surface area contributed by atoms with Crippen LogP contribution in [-0.2, 0) is 17.4 Å². The predicted octanol–water partition coefficient (Wildman–Crippen LogP) is 3.77. The van der Waals surface area contributed by atoms with Crippen LogP contribution in [0.5, 0.6) is 0 Å². The molecule has 3 heterocycles. The molecule has 0 radical (unpaired) electrons. The third-order valence-corrected chi connectivity index (χ3v) is 6.16. The lowest BCUT2D eigenvalue weighted by molar-refractivity contribution is -0.137. The first-order valence-corrected chi connectivity index (χ1v) is 11.2. The Kier molecular flexibility index (Phi) is 6.81. The molecular weight excluding hydrogens is 419 g/mol. The van der Waals surface area contributed by atoms with Gasteiger partial charge in [0.2, 0.25) is 5.91 Å². The number of rotatable bonds is 4. The number of hydrogen-bond donors (Lipinski definition) is 0. The minimum absolute atomic E-state index is 0.0768. The lowest BCUT2D eigenvalue weighted by Gasteiger charge is -2.35. The topological polar surface area (TPSA) is 52.6 Å². The standard InChI is InChI=1S/C23H28F3N5O/c24-23(25,26)19-7-5-18(6-8-19)17-22(32)31-15-13-30(14-16-31)21-10-9-20(27-28-21)29-11-3-1-2-4-12-29/h5-10H,1-4,11-17H2. The minimum Gasteiger partial charge on any atom is -0.355 e. The molecule has 2 aliphatic heterocycles. The van der Waals surface area contributed by atoms with Crippen molar-refractivity contribution >= 4 is 17.5 Å².